The molecule has 0 saturated heterocycles. The largest absolute Gasteiger partial charge is 0.497 e. The Morgan fingerprint density at radius 3 is 2.74 bits per heavy atom. The van der Waals surface area contributed by atoms with Crippen LogP contribution in [0.4, 0.5) is 0 Å². The molecule has 1 amide bonds. The SMILES string of the molecule is COc1ccc(-n2ncc3c2C(=O)N(N)CC3)cc1. The van der Waals surface area contributed by atoms with Crippen LogP contribution in [0, 0.1) is 0 Å². The summed E-state index contributed by atoms with van der Waals surface area (Å²) in [5.41, 5.74) is 2.28. The van der Waals surface area contributed by atoms with Gasteiger partial charge in [0.25, 0.3) is 5.91 Å². The highest BCUT2D eigenvalue weighted by atomic mass is 16.5. The number of carbonyl (C=O) groups excluding carboxylic acids is 1. The van der Waals surface area contributed by atoms with Crippen LogP contribution in [0.1, 0.15) is 16.1 Å². The maximum Gasteiger partial charge on any atom is 0.286 e. The second-order valence-corrected chi connectivity index (χ2v) is 4.38. The molecule has 0 unspecified atom stereocenters. The Kier molecular flexibility index (Phi) is 2.72. The van der Waals surface area contributed by atoms with E-state index in [0.29, 0.717) is 12.2 Å². The highest BCUT2D eigenvalue weighted by Gasteiger charge is 2.27. The molecule has 2 aromatic rings. The molecule has 2 heterocycles. The lowest BCUT2D eigenvalue weighted by Crippen LogP contribution is -2.43. The van der Waals surface area contributed by atoms with Gasteiger partial charge in [0.1, 0.15) is 11.4 Å². The Morgan fingerprint density at radius 1 is 1.32 bits per heavy atom. The maximum atomic E-state index is 12.1. The summed E-state index contributed by atoms with van der Waals surface area (Å²) in [5, 5.41) is 5.51. The Balaban J connectivity index is 2.06. The zero-order valence-electron chi connectivity index (χ0n) is 10.5. The molecule has 0 aliphatic carbocycles. The summed E-state index contributed by atoms with van der Waals surface area (Å²) in [5.74, 6) is 6.23. The number of hydrogen-bond acceptors (Lipinski definition) is 4. The molecule has 2 N–H and O–H groups in total. The Labute approximate surface area is 110 Å². The number of rotatable bonds is 2. The van der Waals surface area contributed by atoms with Crippen molar-refractivity contribution in [3.8, 4) is 11.4 Å². The standard InChI is InChI=1S/C13H14N4O2/c1-19-11-4-2-10(3-5-11)17-12-9(8-15-17)6-7-16(14)13(12)18/h2-5,8H,6-7,14H2,1H3. The molecule has 0 atom stereocenters. The summed E-state index contributed by atoms with van der Waals surface area (Å²) in [7, 11) is 1.61. The third-order valence-electron chi connectivity index (χ3n) is 3.25. The molecule has 1 aliphatic heterocycles. The average Bonchev–Trinajstić information content (AvgIpc) is 2.88. The van der Waals surface area contributed by atoms with Crippen molar-refractivity contribution >= 4 is 5.91 Å². The van der Waals surface area contributed by atoms with Crippen molar-refractivity contribution in [1.29, 1.82) is 0 Å². The predicted molar refractivity (Wildman–Crippen MR) is 69.0 cm³/mol. The molecule has 1 aromatic carbocycles. The summed E-state index contributed by atoms with van der Waals surface area (Å²) in [6, 6.07) is 7.37. The normalized spacial score (nSPS) is 14.4. The zero-order valence-corrected chi connectivity index (χ0v) is 10.5. The minimum atomic E-state index is -0.199. The van der Waals surface area contributed by atoms with Crippen LogP contribution in [-0.4, -0.2) is 34.4 Å². The Hall–Kier alpha value is -2.34. The van der Waals surface area contributed by atoms with Gasteiger partial charge >= 0.3 is 0 Å². The highest BCUT2D eigenvalue weighted by molar-refractivity contribution is 5.95. The molecule has 1 aromatic heterocycles. The molecular weight excluding hydrogens is 244 g/mol. The number of methoxy groups -OCH3 is 1. The number of nitrogens with zero attached hydrogens (tertiary/aromatic N) is 3. The molecule has 1 aliphatic rings. The number of benzene rings is 1. The maximum absolute atomic E-state index is 12.1. The smallest absolute Gasteiger partial charge is 0.286 e. The summed E-state index contributed by atoms with van der Waals surface area (Å²) >= 11 is 0. The van der Waals surface area contributed by atoms with E-state index in [2.05, 4.69) is 5.10 Å². The third kappa shape index (κ3) is 1.86. The van der Waals surface area contributed by atoms with Crippen LogP contribution in [-0.2, 0) is 6.42 Å². The van der Waals surface area contributed by atoms with E-state index >= 15 is 0 Å². The third-order valence-corrected chi connectivity index (χ3v) is 3.25. The summed E-state index contributed by atoms with van der Waals surface area (Å²) in [6.07, 6.45) is 2.46. The quantitative estimate of drug-likeness (QED) is 0.637. The summed E-state index contributed by atoms with van der Waals surface area (Å²) in [6.45, 7) is 0.528. The van der Waals surface area contributed by atoms with Gasteiger partial charge in [0.15, 0.2) is 0 Å². The van der Waals surface area contributed by atoms with Crippen LogP contribution in [0.3, 0.4) is 0 Å². The average molecular weight is 258 g/mol. The van der Waals surface area contributed by atoms with E-state index in [9.17, 15) is 4.79 Å². The first-order chi connectivity index (χ1) is 9.20. The molecule has 3 rings (SSSR count). The van der Waals surface area contributed by atoms with Gasteiger partial charge < -0.3 is 4.74 Å². The van der Waals surface area contributed by atoms with E-state index in [1.807, 2.05) is 24.3 Å². The lowest BCUT2D eigenvalue weighted by Gasteiger charge is -2.22. The van der Waals surface area contributed by atoms with Gasteiger partial charge in [-0.3, -0.25) is 9.80 Å². The first kappa shape index (κ1) is 11.7. The molecular formula is C13H14N4O2. The molecule has 98 valence electrons. The van der Waals surface area contributed by atoms with Crippen molar-refractivity contribution in [2.45, 2.75) is 6.42 Å². The molecule has 19 heavy (non-hydrogen) atoms. The lowest BCUT2D eigenvalue weighted by atomic mass is 10.1. The van der Waals surface area contributed by atoms with E-state index in [1.165, 1.54) is 5.01 Å². The molecule has 0 spiro atoms. The van der Waals surface area contributed by atoms with Crippen LogP contribution >= 0.6 is 0 Å². The van der Waals surface area contributed by atoms with E-state index in [0.717, 1.165) is 23.4 Å². The number of amides is 1. The van der Waals surface area contributed by atoms with Crippen molar-refractivity contribution in [3.05, 3.63) is 41.7 Å². The van der Waals surface area contributed by atoms with Crippen molar-refractivity contribution in [3.63, 3.8) is 0 Å². The number of fused-ring (bicyclic) bond motifs is 1. The van der Waals surface area contributed by atoms with Crippen molar-refractivity contribution in [2.75, 3.05) is 13.7 Å². The van der Waals surface area contributed by atoms with Gasteiger partial charge in [-0.05, 0) is 30.7 Å². The van der Waals surface area contributed by atoms with Crippen molar-refractivity contribution in [2.24, 2.45) is 5.84 Å². The predicted octanol–water partition coefficient (Wildman–Crippen LogP) is 0.753. The zero-order chi connectivity index (χ0) is 13.4. The first-order valence-corrected chi connectivity index (χ1v) is 5.98. The van der Waals surface area contributed by atoms with Crippen LogP contribution in [0.25, 0.3) is 5.69 Å². The van der Waals surface area contributed by atoms with Gasteiger partial charge in [0.2, 0.25) is 0 Å². The molecule has 6 nitrogen and oxygen atoms in total. The second kappa shape index (κ2) is 4.40. The van der Waals surface area contributed by atoms with Crippen molar-refractivity contribution in [1.82, 2.24) is 14.8 Å². The van der Waals surface area contributed by atoms with Gasteiger partial charge in [0, 0.05) is 12.1 Å². The van der Waals surface area contributed by atoms with Crippen LogP contribution in [0.5, 0.6) is 5.75 Å². The number of carbonyl (C=O) groups is 1. The van der Waals surface area contributed by atoms with Gasteiger partial charge in [0.05, 0.1) is 19.0 Å². The number of hydrazine groups is 1. The number of aromatic nitrogens is 2. The topological polar surface area (TPSA) is 73.4 Å². The lowest BCUT2D eigenvalue weighted by molar-refractivity contribution is 0.0730. The number of nitrogens with two attached hydrogens (primary N) is 1. The van der Waals surface area contributed by atoms with Gasteiger partial charge in [-0.2, -0.15) is 5.10 Å². The fourth-order valence-electron chi connectivity index (χ4n) is 2.19. The van der Waals surface area contributed by atoms with E-state index in [1.54, 1.807) is 18.0 Å². The summed E-state index contributed by atoms with van der Waals surface area (Å²) in [4.78, 5) is 12.1. The van der Waals surface area contributed by atoms with E-state index < -0.39 is 0 Å². The molecule has 6 heteroatoms. The van der Waals surface area contributed by atoms with Gasteiger partial charge in [-0.15, -0.1) is 0 Å². The molecule has 0 fully saturated rings. The minimum absolute atomic E-state index is 0.199. The minimum Gasteiger partial charge on any atom is -0.497 e. The Bertz CT molecular complexity index is 618. The fraction of sp³-hybridized carbons (Fsp3) is 0.231. The first-order valence-electron chi connectivity index (χ1n) is 5.98. The van der Waals surface area contributed by atoms with Crippen molar-refractivity contribution < 1.29 is 9.53 Å². The van der Waals surface area contributed by atoms with Crippen LogP contribution in [0.15, 0.2) is 30.5 Å². The summed E-state index contributed by atoms with van der Waals surface area (Å²) < 4.78 is 6.73. The Morgan fingerprint density at radius 2 is 2.05 bits per heavy atom. The molecule has 0 bridgehead atoms. The highest BCUT2D eigenvalue weighted by Crippen LogP contribution is 2.22. The van der Waals surface area contributed by atoms with Gasteiger partial charge in [-0.1, -0.05) is 0 Å². The second-order valence-electron chi connectivity index (χ2n) is 4.38. The molecule has 0 radical (unpaired) electrons. The number of ether oxygens (including phenoxy) is 1. The van der Waals surface area contributed by atoms with E-state index in [-0.39, 0.29) is 5.91 Å². The monoisotopic (exact) mass is 258 g/mol. The van der Waals surface area contributed by atoms with E-state index in [4.69, 9.17) is 10.6 Å². The van der Waals surface area contributed by atoms with Crippen LogP contribution < -0.4 is 10.6 Å². The number of hydrogen-bond donors (Lipinski definition) is 1. The van der Waals surface area contributed by atoms with Gasteiger partial charge in [-0.25, -0.2) is 10.5 Å². The molecule has 0 saturated carbocycles. The van der Waals surface area contributed by atoms with Crippen LogP contribution in [0.2, 0.25) is 0 Å². The fourth-order valence-corrected chi connectivity index (χ4v) is 2.19.